The van der Waals surface area contributed by atoms with Gasteiger partial charge in [0.1, 0.15) is 5.75 Å². The van der Waals surface area contributed by atoms with Gasteiger partial charge in [0, 0.05) is 16.3 Å². The molecule has 0 aromatic heterocycles. The molecule has 4 aromatic carbocycles. The number of hydrogen-bond donors (Lipinski definition) is 4. The van der Waals surface area contributed by atoms with Crippen LogP contribution in [0.5, 0.6) is 5.75 Å². The summed E-state index contributed by atoms with van der Waals surface area (Å²) < 4.78 is 11.7. The molecule has 3 unspecified atom stereocenters. The van der Waals surface area contributed by atoms with Crippen molar-refractivity contribution >= 4 is 36.1 Å². The molecule has 5 rings (SSSR count). The summed E-state index contributed by atoms with van der Waals surface area (Å²) in [6.07, 6.45) is -0.0834. The number of phenolic OH excluding ortho intramolecular Hbond substituents is 1. The Labute approximate surface area is 231 Å². The van der Waals surface area contributed by atoms with E-state index in [1.54, 1.807) is 47.4 Å². The van der Waals surface area contributed by atoms with Crippen molar-refractivity contribution in [2.45, 2.75) is 25.0 Å². The Morgan fingerprint density at radius 2 is 1.62 bits per heavy atom. The summed E-state index contributed by atoms with van der Waals surface area (Å²) in [5.41, 5.74) is 2.93. The Bertz CT molecular complexity index is 1560. The third kappa shape index (κ3) is 5.50. The van der Waals surface area contributed by atoms with E-state index in [1.807, 2.05) is 36.4 Å². The van der Waals surface area contributed by atoms with Crippen LogP contribution >= 0.6 is 19.2 Å². The topological polar surface area (TPSA) is 118 Å². The number of anilines is 1. The number of para-hydroxylation sites is 1. The normalized spacial score (nSPS) is 18.1. The quantitative estimate of drug-likeness (QED) is 0.160. The van der Waals surface area contributed by atoms with Gasteiger partial charge in [0.2, 0.25) is 5.91 Å². The second-order valence-electron chi connectivity index (χ2n) is 9.58. The SMILES string of the molecule is O=C1C(CCC(O)c2ccccc2Cl)C(c2ccc(-c3cccc(P(=O)(O)O)c3)c(O)c2)N1c1ccccc1. The first kappa shape index (κ1) is 27.1. The van der Waals surface area contributed by atoms with Gasteiger partial charge >= 0.3 is 7.60 Å². The smallest absolute Gasteiger partial charge is 0.356 e. The lowest BCUT2D eigenvalue weighted by atomic mass is 9.78. The van der Waals surface area contributed by atoms with Crippen molar-refractivity contribution in [3.63, 3.8) is 0 Å². The average molecular weight is 564 g/mol. The lowest BCUT2D eigenvalue weighted by molar-refractivity contribution is -0.131. The number of nitrogens with zero attached hydrogens (tertiary/aromatic N) is 1. The van der Waals surface area contributed by atoms with Gasteiger partial charge in [0.15, 0.2) is 0 Å². The molecule has 9 heteroatoms. The molecule has 0 bridgehead atoms. The Morgan fingerprint density at radius 3 is 2.31 bits per heavy atom. The van der Waals surface area contributed by atoms with Crippen LogP contribution in [0.15, 0.2) is 97.1 Å². The third-order valence-electron chi connectivity index (χ3n) is 7.12. The first-order chi connectivity index (χ1) is 18.6. The van der Waals surface area contributed by atoms with Gasteiger partial charge in [-0.05, 0) is 65.9 Å². The molecule has 0 saturated carbocycles. The van der Waals surface area contributed by atoms with Gasteiger partial charge in [-0.2, -0.15) is 0 Å². The summed E-state index contributed by atoms with van der Waals surface area (Å²) in [5.74, 6) is -0.571. The molecule has 7 nitrogen and oxygen atoms in total. The van der Waals surface area contributed by atoms with Crippen LogP contribution in [-0.2, 0) is 9.36 Å². The number of carbonyl (C=O) groups is 1. The van der Waals surface area contributed by atoms with E-state index in [9.17, 15) is 29.4 Å². The lowest BCUT2D eigenvalue weighted by Crippen LogP contribution is -2.55. The highest BCUT2D eigenvalue weighted by Crippen LogP contribution is 2.48. The first-order valence-corrected chi connectivity index (χ1v) is 14.4. The fraction of sp³-hybridized carbons (Fsp3) is 0.167. The molecule has 1 aliphatic rings. The molecule has 0 radical (unpaired) electrons. The van der Waals surface area contributed by atoms with Crippen LogP contribution in [0.25, 0.3) is 11.1 Å². The summed E-state index contributed by atoms with van der Waals surface area (Å²) in [6.45, 7) is 0. The maximum Gasteiger partial charge on any atom is 0.356 e. The molecule has 0 aliphatic carbocycles. The molecule has 39 heavy (non-hydrogen) atoms. The highest BCUT2D eigenvalue weighted by atomic mass is 35.5. The Hall–Kier alpha value is -3.45. The van der Waals surface area contributed by atoms with E-state index in [4.69, 9.17) is 11.6 Å². The van der Waals surface area contributed by atoms with Crippen LogP contribution in [0.1, 0.15) is 36.1 Å². The molecule has 1 heterocycles. The number of benzene rings is 4. The summed E-state index contributed by atoms with van der Waals surface area (Å²) in [5, 5.41) is 22.1. The monoisotopic (exact) mass is 563 g/mol. The maximum absolute atomic E-state index is 13.3. The highest BCUT2D eigenvalue weighted by molar-refractivity contribution is 7.60. The van der Waals surface area contributed by atoms with Crippen molar-refractivity contribution in [1.29, 1.82) is 0 Å². The van der Waals surface area contributed by atoms with Crippen LogP contribution in [-0.4, -0.2) is 25.9 Å². The van der Waals surface area contributed by atoms with Gasteiger partial charge in [-0.1, -0.05) is 72.3 Å². The van der Waals surface area contributed by atoms with Gasteiger partial charge in [0.05, 0.1) is 23.4 Å². The predicted octanol–water partition coefficient (Wildman–Crippen LogP) is 5.73. The zero-order valence-corrected chi connectivity index (χ0v) is 22.4. The van der Waals surface area contributed by atoms with E-state index in [2.05, 4.69) is 0 Å². The van der Waals surface area contributed by atoms with E-state index in [0.717, 1.165) is 5.69 Å². The fourth-order valence-electron chi connectivity index (χ4n) is 5.16. The number of amides is 1. The number of carbonyl (C=O) groups excluding carboxylic acids is 1. The number of halogens is 1. The standard InChI is InChI=1S/C30H27ClNO6P/c31-26-12-5-4-11-24(26)27(33)16-15-25-29(32(30(25)35)21-8-2-1-3-9-21)20-13-14-23(28(34)18-20)19-7-6-10-22(17-19)39(36,37)38/h1-14,17-18,25,27,29,33-34H,15-16H2,(H2,36,37,38). The highest BCUT2D eigenvalue weighted by Gasteiger charge is 2.48. The van der Waals surface area contributed by atoms with E-state index < -0.39 is 19.6 Å². The Kier molecular flexibility index (Phi) is 7.63. The van der Waals surface area contributed by atoms with Gasteiger partial charge in [0.25, 0.3) is 0 Å². The van der Waals surface area contributed by atoms with Gasteiger partial charge < -0.3 is 24.9 Å². The van der Waals surface area contributed by atoms with Gasteiger partial charge in [-0.15, -0.1) is 0 Å². The second kappa shape index (κ2) is 11.0. The molecule has 0 spiro atoms. The van der Waals surface area contributed by atoms with E-state index >= 15 is 0 Å². The van der Waals surface area contributed by atoms with Crippen molar-refractivity contribution in [3.05, 3.63) is 113 Å². The molecule has 1 aliphatic heterocycles. The molecule has 1 amide bonds. The molecular formula is C30H27ClNO6P. The minimum atomic E-state index is -4.45. The van der Waals surface area contributed by atoms with Crippen molar-refractivity contribution in [3.8, 4) is 16.9 Å². The van der Waals surface area contributed by atoms with E-state index in [0.29, 0.717) is 40.1 Å². The average Bonchev–Trinajstić information content (AvgIpc) is 2.92. The number of hydrogen-bond acceptors (Lipinski definition) is 4. The number of aromatic hydroxyl groups is 1. The molecule has 4 N–H and O–H groups in total. The Morgan fingerprint density at radius 1 is 0.897 bits per heavy atom. The number of rotatable bonds is 8. The zero-order chi connectivity index (χ0) is 27.7. The van der Waals surface area contributed by atoms with Crippen LogP contribution in [0.2, 0.25) is 5.02 Å². The maximum atomic E-state index is 13.3. The zero-order valence-electron chi connectivity index (χ0n) is 20.8. The van der Waals surface area contributed by atoms with Crippen LogP contribution in [0.3, 0.4) is 0 Å². The minimum absolute atomic E-state index is 0.0717. The van der Waals surface area contributed by atoms with E-state index in [-0.39, 0.29) is 23.0 Å². The number of aliphatic hydroxyl groups is 1. The predicted molar refractivity (Wildman–Crippen MR) is 151 cm³/mol. The Balaban J connectivity index is 1.45. The summed E-state index contributed by atoms with van der Waals surface area (Å²) in [7, 11) is -4.45. The second-order valence-corrected chi connectivity index (χ2v) is 11.6. The molecule has 3 atom stereocenters. The third-order valence-corrected chi connectivity index (χ3v) is 8.42. The largest absolute Gasteiger partial charge is 0.507 e. The van der Waals surface area contributed by atoms with Crippen molar-refractivity contribution < 1.29 is 29.4 Å². The van der Waals surface area contributed by atoms with Crippen LogP contribution in [0, 0.1) is 5.92 Å². The van der Waals surface area contributed by atoms with Gasteiger partial charge in [-0.25, -0.2) is 0 Å². The number of phenols is 1. The van der Waals surface area contributed by atoms with Crippen LogP contribution < -0.4 is 10.2 Å². The van der Waals surface area contributed by atoms with Crippen molar-refractivity contribution in [1.82, 2.24) is 0 Å². The molecule has 200 valence electrons. The van der Waals surface area contributed by atoms with Crippen LogP contribution in [0.4, 0.5) is 5.69 Å². The van der Waals surface area contributed by atoms with Gasteiger partial charge in [-0.3, -0.25) is 9.36 Å². The summed E-state index contributed by atoms with van der Waals surface area (Å²) in [6, 6.07) is 26.9. The molecule has 1 saturated heterocycles. The molecular weight excluding hydrogens is 537 g/mol. The number of aliphatic hydroxyl groups excluding tert-OH is 1. The van der Waals surface area contributed by atoms with Crippen molar-refractivity contribution in [2.75, 3.05) is 4.90 Å². The summed E-state index contributed by atoms with van der Waals surface area (Å²) >= 11 is 6.25. The lowest BCUT2D eigenvalue weighted by Gasteiger charge is -2.48. The number of β-lactam (4-membered cyclic amide) rings is 1. The molecule has 4 aromatic rings. The van der Waals surface area contributed by atoms with E-state index in [1.165, 1.54) is 18.2 Å². The minimum Gasteiger partial charge on any atom is -0.507 e. The summed E-state index contributed by atoms with van der Waals surface area (Å²) in [4.78, 5) is 34.1. The molecule has 1 fully saturated rings. The first-order valence-electron chi connectivity index (χ1n) is 12.4. The van der Waals surface area contributed by atoms with Crippen molar-refractivity contribution in [2.24, 2.45) is 5.92 Å². The fourth-order valence-corrected chi connectivity index (χ4v) is 6.01.